The van der Waals surface area contributed by atoms with Crippen molar-refractivity contribution in [1.82, 2.24) is 0 Å². The number of carbonyl (C=O) groups excluding carboxylic acids is 1. The van der Waals surface area contributed by atoms with Gasteiger partial charge in [-0.1, -0.05) is 37.0 Å². The van der Waals surface area contributed by atoms with Crippen LogP contribution in [0.1, 0.15) is 27.2 Å². The molecule has 0 aromatic heterocycles. The van der Waals surface area contributed by atoms with Gasteiger partial charge in [-0.15, -0.1) is 0 Å². The molecule has 1 aromatic rings. The van der Waals surface area contributed by atoms with Gasteiger partial charge < -0.3 is 10.2 Å². The van der Waals surface area contributed by atoms with Crippen molar-refractivity contribution in [3.63, 3.8) is 0 Å². The molecular formula is C14H18Cl2N2O. The molecule has 1 amide bonds. The SMILES string of the molecule is CC(C)CCN1C(=O)C(C)Nc2cc(Cl)c(Cl)cc21. The van der Waals surface area contributed by atoms with Crippen LogP contribution in [-0.2, 0) is 4.79 Å². The molecule has 104 valence electrons. The first kappa shape index (κ1) is 14.5. The molecule has 1 N–H and O–H groups in total. The second-order valence-electron chi connectivity index (χ2n) is 5.32. The molecule has 1 aliphatic rings. The van der Waals surface area contributed by atoms with Crippen molar-refractivity contribution in [2.75, 3.05) is 16.8 Å². The number of nitrogens with zero attached hydrogens (tertiary/aromatic N) is 1. The average molecular weight is 301 g/mol. The van der Waals surface area contributed by atoms with Crippen LogP contribution in [0.2, 0.25) is 10.0 Å². The molecule has 19 heavy (non-hydrogen) atoms. The smallest absolute Gasteiger partial charge is 0.249 e. The Labute approximate surface area is 123 Å². The zero-order valence-electron chi connectivity index (χ0n) is 11.3. The molecule has 3 nitrogen and oxygen atoms in total. The molecule has 1 unspecified atom stereocenters. The number of anilines is 2. The van der Waals surface area contributed by atoms with Gasteiger partial charge in [0.25, 0.3) is 0 Å². The van der Waals surface area contributed by atoms with E-state index in [0.29, 0.717) is 22.5 Å². The van der Waals surface area contributed by atoms with Crippen LogP contribution in [0.4, 0.5) is 11.4 Å². The number of amides is 1. The van der Waals surface area contributed by atoms with Crippen molar-refractivity contribution in [3.8, 4) is 0 Å². The van der Waals surface area contributed by atoms with Crippen LogP contribution in [0, 0.1) is 5.92 Å². The third-order valence-corrected chi connectivity index (χ3v) is 3.99. The third kappa shape index (κ3) is 2.98. The number of fused-ring (bicyclic) bond motifs is 1. The number of rotatable bonds is 3. The highest BCUT2D eigenvalue weighted by atomic mass is 35.5. The van der Waals surface area contributed by atoms with Crippen molar-refractivity contribution in [3.05, 3.63) is 22.2 Å². The summed E-state index contributed by atoms with van der Waals surface area (Å²) in [5.74, 6) is 0.621. The van der Waals surface area contributed by atoms with Crippen molar-refractivity contribution in [2.24, 2.45) is 5.92 Å². The van der Waals surface area contributed by atoms with E-state index in [-0.39, 0.29) is 11.9 Å². The molecule has 0 radical (unpaired) electrons. The second-order valence-corrected chi connectivity index (χ2v) is 6.14. The number of nitrogens with one attached hydrogen (secondary N) is 1. The molecule has 0 aliphatic carbocycles. The number of carbonyl (C=O) groups is 1. The Balaban J connectivity index is 2.37. The summed E-state index contributed by atoms with van der Waals surface area (Å²) in [5, 5.41) is 4.13. The minimum Gasteiger partial charge on any atom is -0.372 e. The molecule has 0 saturated heterocycles. The molecule has 0 saturated carbocycles. The topological polar surface area (TPSA) is 32.3 Å². The van der Waals surface area contributed by atoms with Gasteiger partial charge in [0.15, 0.2) is 0 Å². The van der Waals surface area contributed by atoms with E-state index in [4.69, 9.17) is 23.2 Å². The summed E-state index contributed by atoms with van der Waals surface area (Å²) in [5.41, 5.74) is 1.68. The fourth-order valence-corrected chi connectivity index (χ4v) is 2.46. The summed E-state index contributed by atoms with van der Waals surface area (Å²) in [4.78, 5) is 14.1. The van der Waals surface area contributed by atoms with Crippen molar-refractivity contribution in [2.45, 2.75) is 33.2 Å². The number of hydrogen-bond acceptors (Lipinski definition) is 2. The first-order valence-electron chi connectivity index (χ1n) is 6.47. The Hall–Kier alpha value is -0.930. The fraction of sp³-hybridized carbons (Fsp3) is 0.500. The summed E-state index contributed by atoms with van der Waals surface area (Å²) >= 11 is 12.1. The highest BCUT2D eigenvalue weighted by molar-refractivity contribution is 6.42. The Kier molecular flexibility index (Phi) is 4.26. The quantitative estimate of drug-likeness (QED) is 0.908. The second kappa shape index (κ2) is 5.59. The molecule has 1 aliphatic heterocycles. The lowest BCUT2D eigenvalue weighted by Crippen LogP contribution is -2.46. The maximum absolute atomic E-state index is 12.3. The predicted octanol–water partition coefficient (Wildman–Crippen LogP) is 4.19. The van der Waals surface area contributed by atoms with E-state index in [0.717, 1.165) is 17.8 Å². The van der Waals surface area contributed by atoms with Crippen molar-refractivity contribution >= 4 is 40.5 Å². The highest BCUT2D eigenvalue weighted by Crippen LogP contribution is 2.38. The van der Waals surface area contributed by atoms with Crippen LogP contribution in [-0.4, -0.2) is 18.5 Å². The lowest BCUT2D eigenvalue weighted by atomic mass is 10.1. The van der Waals surface area contributed by atoms with Crippen LogP contribution < -0.4 is 10.2 Å². The Bertz CT molecular complexity index is 502. The Morgan fingerprint density at radius 1 is 1.32 bits per heavy atom. The van der Waals surface area contributed by atoms with Gasteiger partial charge in [0, 0.05) is 6.54 Å². The number of halogens is 2. The van der Waals surface area contributed by atoms with Gasteiger partial charge in [-0.25, -0.2) is 0 Å². The van der Waals surface area contributed by atoms with E-state index in [1.807, 2.05) is 6.92 Å². The third-order valence-electron chi connectivity index (χ3n) is 3.27. The maximum atomic E-state index is 12.3. The van der Waals surface area contributed by atoms with E-state index in [1.54, 1.807) is 17.0 Å². The van der Waals surface area contributed by atoms with Crippen LogP contribution >= 0.6 is 23.2 Å². The Morgan fingerprint density at radius 3 is 2.58 bits per heavy atom. The van der Waals surface area contributed by atoms with E-state index in [2.05, 4.69) is 19.2 Å². The van der Waals surface area contributed by atoms with E-state index in [9.17, 15) is 4.79 Å². The predicted molar refractivity (Wildman–Crippen MR) is 81.4 cm³/mol. The van der Waals surface area contributed by atoms with Crippen LogP contribution in [0.3, 0.4) is 0 Å². The van der Waals surface area contributed by atoms with Gasteiger partial charge >= 0.3 is 0 Å². The fourth-order valence-electron chi connectivity index (χ4n) is 2.14. The summed E-state index contributed by atoms with van der Waals surface area (Å²) < 4.78 is 0. The molecular weight excluding hydrogens is 283 g/mol. The van der Waals surface area contributed by atoms with Crippen LogP contribution in [0.25, 0.3) is 0 Å². The lowest BCUT2D eigenvalue weighted by Gasteiger charge is -2.34. The summed E-state index contributed by atoms with van der Waals surface area (Å²) in [7, 11) is 0. The van der Waals surface area contributed by atoms with Crippen LogP contribution in [0.15, 0.2) is 12.1 Å². The van der Waals surface area contributed by atoms with Crippen LogP contribution in [0.5, 0.6) is 0 Å². The highest BCUT2D eigenvalue weighted by Gasteiger charge is 2.30. The summed E-state index contributed by atoms with van der Waals surface area (Å²) in [6.07, 6.45) is 0.956. The monoisotopic (exact) mass is 300 g/mol. The van der Waals surface area contributed by atoms with Crippen molar-refractivity contribution < 1.29 is 4.79 Å². The number of hydrogen-bond donors (Lipinski definition) is 1. The molecule has 0 fully saturated rings. The first-order chi connectivity index (χ1) is 8.90. The van der Waals surface area contributed by atoms with Crippen molar-refractivity contribution in [1.29, 1.82) is 0 Å². The van der Waals surface area contributed by atoms with E-state index in [1.165, 1.54) is 0 Å². The molecule has 5 heteroatoms. The van der Waals surface area contributed by atoms with Gasteiger partial charge in [0.05, 0.1) is 21.4 Å². The zero-order chi connectivity index (χ0) is 14.2. The Morgan fingerprint density at radius 2 is 1.95 bits per heavy atom. The molecule has 1 atom stereocenters. The van der Waals surface area contributed by atoms with Gasteiger partial charge in [0.1, 0.15) is 6.04 Å². The number of benzene rings is 1. The minimum absolute atomic E-state index is 0.0755. The molecule has 1 heterocycles. The summed E-state index contributed by atoms with van der Waals surface area (Å²) in [6.45, 7) is 6.85. The zero-order valence-corrected chi connectivity index (χ0v) is 12.8. The molecule has 2 rings (SSSR count). The van der Waals surface area contributed by atoms with Gasteiger partial charge in [-0.2, -0.15) is 0 Å². The molecule has 0 spiro atoms. The average Bonchev–Trinajstić information content (AvgIpc) is 2.32. The molecule has 0 bridgehead atoms. The standard InChI is InChI=1S/C14H18Cl2N2O/c1-8(2)4-5-18-13-7-11(16)10(15)6-12(13)17-9(3)14(18)19/h6-9,17H,4-5H2,1-3H3. The minimum atomic E-state index is -0.239. The maximum Gasteiger partial charge on any atom is 0.249 e. The lowest BCUT2D eigenvalue weighted by molar-refractivity contribution is -0.119. The first-order valence-corrected chi connectivity index (χ1v) is 7.22. The largest absolute Gasteiger partial charge is 0.372 e. The van der Waals surface area contributed by atoms with Gasteiger partial charge in [-0.05, 0) is 31.4 Å². The summed E-state index contributed by atoms with van der Waals surface area (Å²) in [6, 6.07) is 3.30. The normalized spacial score (nSPS) is 18.5. The van der Waals surface area contributed by atoms with Gasteiger partial charge in [0.2, 0.25) is 5.91 Å². The van der Waals surface area contributed by atoms with E-state index < -0.39 is 0 Å². The van der Waals surface area contributed by atoms with E-state index >= 15 is 0 Å². The van der Waals surface area contributed by atoms with Gasteiger partial charge in [-0.3, -0.25) is 4.79 Å². The molecule has 1 aromatic carbocycles.